The van der Waals surface area contributed by atoms with Crippen molar-refractivity contribution in [3.63, 3.8) is 0 Å². The molecule has 0 aromatic carbocycles. The van der Waals surface area contributed by atoms with E-state index in [4.69, 9.17) is 5.00 Å². The Labute approximate surface area is 30.8 Å². The first-order valence-corrected chi connectivity index (χ1v) is 2.24. The summed E-state index contributed by atoms with van der Waals surface area (Å²) >= 11 is 3.92. The molecule has 0 amide bonds. The van der Waals surface area contributed by atoms with Crippen molar-refractivity contribution in [2.24, 2.45) is 0 Å². The first-order chi connectivity index (χ1) is 1.41. The fourth-order valence-corrected chi connectivity index (χ4v) is 0. The van der Waals surface area contributed by atoms with Crippen LogP contribution in [0.5, 0.6) is 0 Å². The Bertz CT molecular complexity index is 52.2. The maximum atomic E-state index is 7.36. The van der Waals surface area contributed by atoms with Gasteiger partial charge in [0.05, 0.1) is 0 Å². The summed E-state index contributed by atoms with van der Waals surface area (Å²) in [4.78, 5) is 0. The summed E-state index contributed by atoms with van der Waals surface area (Å²) in [7, 11) is 0. The molecule has 0 radical (unpaired) electrons. The summed E-state index contributed by atoms with van der Waals surface area (Å²) < 4.78 is 0. The van der Waals surface area contributed by atoms with Crippen molar-refractivity contribution in [3.8, 4) is 0 Å². The summed E-state index contributed by atoms with van der Waals surface area (Å²) in [5, 5.41) is 7.36. The molecule has 2 nitrogen and oxygen atoms in total. The Morgan fingerprint density at radius 2 is 1.75 bits per heavy atom. The zero-order valence-corrected chi connectivity index (χ0v) is 3.72. The zero-order valence-electron chi connectivity index (χ0n) is 2.01. The van der Waals surface area contributed by atoms with E-state index in [-0.39, 0.29) is 13.1 Å². The van der Waals surface area contributed by atoms with E-state index in [1.807, 2.05) is 0 Å². The van der Waals surface area contributed by atoms with Crippen LogP contribution in [0.3, 0.4) is 0 Å². The second-order valence-electron chi connectivity index (χ2n) is 0.0816. The van der Waals surface area contributed by atoms with Gasteiger partial charge in [-0.25, -0.2) is 0 Å². The Morgan fingerprint density at radius 3 is 1.75 bits per heavy atom. The fraction of sp³-hybridized carbons (Fsp3) is 0. The first kappa shape index (κ1) is 8.85. The molecule has 24 valence electrons. The molecule has 3 N–H and O–H groups in total. The molecule has 0 aromatic rings. The minimum atomic E-state index is 0. The van der Waals surface area contributed by atoms with Crippen molar-refractivity contribution in [2.45, 2.75) is 0 Å². The standard InChI is InChI=1S/NPS.H3N/c1-2-3;/h;1H3. The second-order valence-corrected chi connectivity index (χ2v) is 0.735. The summed E-state index contributed by atoms with van der Waals surface area (Å²) in [6.45, 7) is 0. The first-order valence-electron chi connectivity index (χ1n) is 0.383. The third-order valence-electron chi connectivity index (χ3n) is 0. The molecule has 0 fully saturated rings. The molecule has 0 atom stereocenters. The predicted octanol–water partition coefficient (Wildman–Crippen LogP) is 1.04. The molecule has 0 aliphatic rings. The van der Waals surface area contributed by atoms with Gasteiger partial charge in [0.15, 0.2) is 0 Å². The van der Waals surface area contributed by atoms with Gasteiger partial charge in [-0.3, -0.25) is 0 Å². The Hall–Kier alpha value is 0.320. The quantitative estimate of drug-likeness (QED) is 0.456. The van der Waals surface area contributed by atoms with Gasteiger partial charge in [0.1, 0.15) is 0 Å². The van der Waals surface area contributed by atoms with Crippen LogP contribution in [-0.4, -0.2) is 0 Å². The van der Waals surface area contributed by atoms with Crippen LogP contribution in [0.25, 0.3) is 0 Å². The monoisotopic (exact) mass is 94.0 g/mol. The van der Waals surface area contributed by atoms with Crippen LogP contribution in [0.2, 0.25) is 0 Å². The van der Waals surface area contributed by atoms with Crippen LogP contribution in [-0.2, 0) is 11.8 Å². The van der Waals surface area contributed by atoms with Gasteiger partial charge < -0.3 is 6.15 Å². The SMILES string of the molecule is N.N#P=S. The van der Waals surface area contributed by atoms with Gasteiger partial charge in [-0.05, 0) is 0 Å². The number of rotatable bonds is 0. The molecular formula is H3N2PS. The van der Waals surface area contributed by atoms with E-state index >= 15 is 0 Å². The van der Waals surface area contributed by atoms with E-state index in [1.54, 1.807) is 0 Å². The summed E-state index contributed by atoms with van der Waals surface area (Å²) in [5.41, 5.74) is 0. The van der Waals surface area contributed by atoms with E-state index in [1.165, 1.54) is 0 Å². The van der Waals surface area contributed by atoms with Gasteiger partial charge in [0, 0.05) is 0 Å². The molecule has 0 rings (SSSR count). The van der Waals surface area contributed by atoms with Gasteiger partial charge >= 0.3 is 23.8 Å². The number of nitrogens with zero attached hydrogens (tertiary/aromatic N) is 1. The molecule has 0 bridgehead atoms. The minimum absolute atomic E-state index is 0. The van der Waals surface area contributed by atoms with Gasteiger partial charge in [-0.2, -0.15) is 0 Å². The average Bonchev–Trinajstić information content (AvgIpc) is 0.918. The normalized spacial score (nSPS) is 2.75. The molecule has 0 spiro atoms. The van der Waals surface area contributed by atoms with E-state index in [2.05, 4.69) is 11.8 Å². The summed E-state index contributed by atoms with van der Waals surface area (Å²) in [6.07, 6.45) is 0. The number of hydrogen-bond donors (Lipinski definition) is 1. The van der Waals surface area contributed by atoms with E-state index in [9.17, 15) is 0 Å². The molecule has 0 saturated carbocycles. The van der Waals surface area contributed by atoms with Gasteiger partial charge in [0.2, 0.25) is 0 Å². The summed E-state index contributed by atoms with van der Waals surface area (Å²) in [6, 6.07) is 0. The predicted molar refractivity (Wildman–Crippen MR) is 21.0 cm³/mol. The van der Waals surface area contributed by atoms with Crippen molar-refractivity contribution in [1.29, 1.82) is 5.00 Å². The molecule has 0 aliphatic heterocycles. The topological polar surface area (TPSA) is 58.8 Å². The van der Waals surface area contributed by atoms with E-state index < -0.39 is 0 Å². The van der Waals surface area contributed by atoms with Crippen LogP contribution in [0.4, 0.5) is 0 Å². The van der Waals surface area contributed by atoms with E-state index in [0.717, 1.165) is 0 Å². The zero-order chi connectivity index (χ0) is 2.71. The van der Waals surface area contributed by atoms with Crippen molar-refractivity contribution >= 4 is 18.8 Å². The van der Waals surface area contributed by atoms with E-state index in [0.29, 0.717) is 0 Å². The third kappa shape index (κ3) is 39.5. The van der Waals surface area contributed by atoms with Gasteiger partial charge in [-0.15, -0.1) is 0 Å². The van der Waals surface area contributed by atoms with Crippen LogP contribution < -0.4 is 6.15 Å². The van der Waals surface area contributed by atoms with Crippen LogP contribution in [0.1, 0.15) is 0 Å². The van der Waals surface area contributed by atoms with Gasteiger partial charge in [-0.1, -0.05) is 0 Å². The Kier molecular flexibility index (Phi) is 22.7. The number of hydrogen-bond acceptors (Lipinski definition) is 3. The molecular weight excluding hydrogens is 91.1 g/mol. The van der Waals surface area contributed by atoms with Crippen LogP contribution >= 0.6 is 6.99 Å². The summed E-state index contributed by atoms with van der Waals surface area (Å²) in [5.74, 6) is 0. The van der Waals surface area contributed by atoms with Crippen molar-refractivity contribution in [1.82, 2.24) is 6.15 Å². The molecule has 0 aromatic heterocycles. The molecule has 0 heterocycles. The van der Waals surface area contributed by atoms with Crippen molar-refractivity contribution in [3.05, 3.63) is 0 Å². The average molecular weight is 94.1 g/mol. The van der Waals surface area contributed by atoms with Crippen LogP contribution in [0.15, 0.2) is 0 Å². The van der Waals surface area contributed by atoms with Crippen molar-refractivity contribution < 1.29 is 0 Å². The molecule has 4 heavy (non-hydrogen) atoms. The molecule has 0 saturated heterocycles. The van der Waals surface area contributed by atoms with Gasteiger partial charge in [0.25, 0.3) is 0 Å². The maximum absolute atomic E-state index is 7.36. The third-order valence-corrected chi connectivity index (χ3v) is 0. The molecule has 0 aliphatic carbocycles. The second kappa shape index (κ2) is 10.3. The fourth-order valence-electron chi connectivity index (χ4n) is 0. The van der Waals surface area contributed by atoms with Crippen LogP contribution in [0, 0.1) is 5.00 Å². The molecule has 0 unspecified atom stereocenters. The Morgan fingerprint density at radius 1 is 1.75 bits per heavy atom. The Balaban J connectivity index is 0. The van der Waals surface area contributed by atoms with Crippen molar-refractivity contribution in [2.75, 3.05) is 0 Å². The molecule has 4 heteroatoms.